The molecule has 2 amide bonds. The zero-order valence-electron chi connectivity index (χ0n) is 14.1. The van der Waals surface area contributed by atoms with Gasteiger partial charge in [-0.15, -0.1) is 11.8 Å². The fourth-order valence-electron chi connectivity index (χ4n) is 3.74. The first-order chi connectivity index (χ1) is 12.2. The minimum absolute atomic E-state index is 0.00172. The van der Waals surface area contributed by atoms with Gasteiger partial charge in [-0.25, -0.2) is 0 Å². The van der Waals surface area contributed by atoms with Crippen LogP contribution in [0.5, 0.6) is 0 Å². The quantitative estimate of drug-likeness (QED) is 0.850. The standard InChI is InChI=1S/C20H20N2O2S/c1-2-18(23)22-12-13-25-20(22)16-10-6-7-11-17(16)21(19(20)24)14-15-8-4-3-5-9-15/h3-11H,2,12-14H2,1H3. The van der Waals surface area contributed by atoms with E-state index in [1.165, 1.54) is 0 Å². The van der Waals surface area contributed by atoms with Crippen LogP contribution in [0.15, 0.2) is 54.6 Å². The predicted molar refractivity (Wildman–Crippen MR) is 100 cm³/mol. The average Bonchev–Trinajstić information content (AvgIpc) is 3.20. The second-order valence-corrected chi connectivity index (χ2v) is 7.57. The van der Waals surface area contributed by atoms with E-state index in [0.29, 0.717) is 19.5 Å². The minimum atomic E-state index is -0.890. The van der Waals surface area contributed by atoms with Crippen LogP contribution >= 0.6 is 11.8 Å². The fraction of sp³-hybridized carbons (Fsp3) is 0.300. The highest BCUT2D eigenvalue weighted by Gasteiger charge is 2.58. The molecule has 128 valence electrons. The summed E-state index contributed by atoms with van der Waals surface area (Å²) in [5.74, 6) is 0.821. The molecule has 1 spiro atoms. The number of fused-ring (bicyclic) bond motifs is 2. The summed E-state index contributed by atoms with van der Waals surface area (Å²) in [6.45, 7) is 3.00. The minimum Gasteiger partial charge on any atom is -0.315 e. The van der Waals surface area contributed by atoms with Gasteiger partial charge in [0.2, 0.25) is 5.91 Å². The van der Waals surface area contributed by atoms with Crippen molar-refractivity contribution in [1.29, 1.82) is 0 Å². The molecule has 2 aromatic rings. The number of hydrogen-bond acceptors (Lipinski definition) is 3. The Hall–Kier alpha value is -2.27. The van der Waals surface area contributed by atoms with E-state index >= 15 is 0 Å². The summed E-state index contributed by atoms with van der Waals surface area (Å²) < 4.78 is 0. The van der Waals surface area contributed by atoms with Gasteiger partial charge in [-0.2, -0.15) is 0 Å². The van der Waals surface area contributed by atoms with Crippen LogP contribution in [0.25, 0.3) is 0 Å². The zero-order valence-corrected chi connectivity index (χ0v) is 15.0. The van der Waals surface area contributed by atoms with Crippen LogP contribution in [0.4, 0.5) is 5.69 Å². The maximum Gasteiger partial charge on any atom is 0.268 e. The van der Waals surface area contributed by atoms with E-state index in [2.05, 4.69) is 0 Å². The van der Waals surface area contributed by atoms with Crippen LogP contribution in [0.1, 0.15) is 24.5 Å². The molecule has 2 aliphatic rings. The Kier molecular flexibility index (Phi) is 4.04. The van der Waals surface area contributed by atoms with Gasteiger partial charge < -0.3 is 9.80 Å². The van der Waals surface area contributed by atoms with Gasteiger partial charge in [0, 0.05) is 24.3 Å². The third-order valence-corrected chi connectivity index (χ3v) is 6.31. The first kappa shape index (κ1) is 16.2. The number of thioether (sulfide) groups is 1. The molecule has 1 saturated heterocycles. The SMILES string of the molecule is CCC(=O)N1CCSC12C(=O)N(Cc1ccccc1)c1ccccc12. The van der Waals surface area contributed by atoms with Crippen molar-refractivity contribution in [3.05, 3.63) is 65.7 Å². The Bertz CT molecular complexity index is 823. The lowest BCUT2D eigenvalue weighted by atomic mass is 10.1. The summed E-state index contributed by atoms with van der Waals surface area (Å²) in [6.07, 6.45) is 0.413. The van der Waals surface area contributed by atoms with Crippen molar-refractivity contribution < 1.29 is 9.59 Å². The van der Waals surface area contributed by atoms with Gasteiger partial charge in [-0.05, 0) is 11.6 Å². The molecule has 5 heteroatoms. The molecule has 0 bridgehead atoms. The van der Waals surface area contributed by atoms with Crippen molar-refractivity contribution in [1.82, 2.24) is 4.90 Å². The number of hydrogen-bond donors (Lipinski definition) is 0. The molecule has 0 N–H and O–H groups in total. The van der Waals surface area contributed by atoms with Crippen LogP contribution in [0, 0.1) is 0 Å². The van der Waals surface area contributed by atoms with Crippen molar-refractivity contribution in [2.45, 2.75) is 24.8 Å². The van der Waals surface area contributed by atoms with Gasteiger partial charge in [0.25, 0.3) is 5.91 Å². The zero-order chi connectivity index (χ0) is 17.4. The molecular formula is C20H20N2O2S. The lowest BCUT2D eigenvalue weighted by molar-refractivity contribution is -0.139. The summed E-state index contributed by atoms with van der Waals surface area (Å²) in [5.41, 5.74) is 2.94. The Morgan fingerprint density at radius 3 is 2.60 bits per heavy atom. The van der Waals surface area contributed by atoms with Gasteiger partial charge >= 0.3 is 0 Å². The average molecular weight is 352 g/mol. The lowest BCUT2D eigenvalue weighted by Crippen LogP contribution is -2.50. The van der Waals surface area contributed by atoms with Crippen LogP contribution in [0.2, 0.25) is 0 Å². The number of amides is 2. The van der Waals surface area contributed by atoms with Crippen LogP contribution < -0.4 is 4.90 Å². The molecule has 1 atom stereocenters. The lowest BCUT2D eigenvalue weighted by Gasteiger charge is -2.33. The monoisotopic (exact) mass is 352 g/mol. The summed E-state index contributed by atoms with van der Waals surface area (Å²) >= 11 is 1.58. The maximum atomic E-state index is 13.5. The second-order valence-electron chi connectivity index (χ2n) is 6.29. The molecule has 25 heavy (non-hydrogen) atoms. The predicted octanol–water partition coefficient (Wildman–Crippen LogP) is 3.37. The molecule has 2 aliphatic heterocycles. The summed E-state index contributed by atoms with van der Waals surface area (Å²) in [7, 11) is 0. The first-order valence-corrected chi connectivity index (χ1v) is 9.57. The molecule has 1 unspecified atom stereocenters. The third-order valence-electron chi connectivity index (χ3n) is 4.89. The number of para-hydroxylation sites is 1. The van der Waals surface area contributed by atoms with E-state index in [1.807, 2.05) is 66.4 Å². The number of carbonyl (C=O) groups excluding carboxylic acids is 2. The van der Waals surface area contributed by atoms with Crippen LogP contribution in [-0.4, -0.2) is 29.0 Å². The van der Waals surface area contributed by atoms with E-state index in [4.69, 9.17) is 0 Å². The molecule has 2 aromatic carbocycles. The van der Waals surface area contributed by atoms with Gasteiger partial charge in [0.15, 0.2) is 4.87 Å². The molecule has 2 heterocycles. The molecule has 0 aromatic heterocycles. The Labute approximate surface area is 151 Å². The summed E-state index contributed by atoms with van der Waals surface area (Å²) in [5, 5.41) is 0. The number of carbonyl (C=O) groups is 2. The van der Waals surface area contributed by atoms with Crippen molar-refractivity contribution >= 4 is 29.3 Å². The van der Waals surface area contributed by atoms with Crippen molar-refractivity contribution in [3.63, 3.8) is 0 Å². The van der Waals surface area contributed by atoms with Crippen molar-refractivity contribution in [3.8, 4) is 0 Å². The third kappa shape index (κ3) is 2.37. The van der Waals surface area contributed by atoms with E-state index < -0.39 is 4.87 Å². The molecule has 4 rings (SSSR count). The van der Waals surface area contributed by atoms with E-state index in [9.17, 15) is 9.59 Å². The Morgan fingerprint density at radius 2 is 1.84 bits per heavy atom. The number of rotatable bonds is 3. The highest BCUT2D eigenvalue weighted by Crippen LogP contribution is 2.54. The normalized spacial score (nSPS) is 21.9. The second kappa shape index (κ2) is 6.23. The molecule has 4 nitrogen and oxygen atoms in total. The Balaban J connectivity index is 1.80. The number of nitrogens with zero attached hydrogens (tertiary/aromatic N) is 2. The molecule has 1 fully saturated rings. The fourth-order valence-corrected chi connectivity index (χ4v) is 5.22. The van der Waals surface area contributed by atoms with Gasteiger partial charge in [0.05, 0.1) is 12.2 Å². The Morgan fingerprint density at radius 1 is 1.12 bits per heavy atom. The molecule has 0 aliphatic carbocycles. The van der Waals surface area contributed by atoms with Crippen LogP contribution in [0.3, 0.4) is 0 Å². The largest absolute Gasteiger partial charge is 0.315 e. The highest BCUT2D eigenvalue weighted by atomic mass is 32.2. The van der Waals surface area contributed by atoms with E-state index in [0.717, 1.165) is 22.6 Å². The summed E-state index contributed by atoms with van der Waals surface area (Å²) in [6, 6.07) is 17.9. The first-order valence-electron chi connectivity index (χ1n) is 8.58. The highest BCUT2D eigenvalue weighted by molar-refractivity contribution is 8.01. The van der Waals surface area contributed by atoms with Crippen molar-refractivity contribution in [2.75, 3.05) is 17.2 Å². The number of benzene rings is 2. The topological polar surface area (TPSA) is 40.6 Å². The van der Waals surface area contributed by atoms with Gasteiger partial charge in [-0.1, -0.05) is 55.5 Å². The molecular weight excluding hydrogens is 332 g/mol. The molecule has 0 saturated carbocycles. The van der Waals surface area contributed by atoms with E-state index in [-0.39, 0.29) is 11.8 Å². The van der Waals surface area contributed by atoms with Crippen LogP contribution in [-0.2, 0) is 21.0 Å². The van der Waals surface area contributed by atoms with Gasteiger partial charge in [-0.3, -0.25) is 9.59 Å². The number of anilines is 1. The smallest absolute Gasteiger partial charge is 0.268 e. The van der Waals surface area contributed by atoms with E-state index in [1.54, 1.807) is 16.7 Å². The summed E-state index contributed by atoms with van der Waals surface area (Å²) in [4.78, 5) is 28.8. The van der Waals surface area contributed by atoms with Crippen molar-refractivity contribution in [2.24, 2.45) is 0 Å². The maximum absolute atomic E-state index is 13.5. The molecule has 0 radical (unpaired) electrons. The van der Waals surface area contributed by atoms with Gasteiger partial charge in [0.1, 0.15) is 0 Å².